The van der Waals surface area contributed by atoms with E-state index in [1.54, 1.807) is 13.8 Å². The van der Waals surface area contributed by atoms with Gasteiger partial charge in [-0.15, -0.1) is 0 Å². The summed E-state index contributed by atoms with van der Waals surface area (Å²) in [6, 6.07) is 0. The summed E-state index contributed by atoms with van der Waals surface area (Å²) < 4.78 is 39.8. The number of hydrogen-bond donors (Lipinski definition) is 0. The Morgan fingerprint density at radius 1 is 1.13 bits per heavy atom. The van der Waals surface area contributed by atoms with Crippen LogP contribution in [0.2, 0.25) is 0 Å². The van der Waals surface area contributed by atoms with E-state index in [0.717, 1.165) is 0 Å². The lowest BCUT2D eigenvalue weighted by atomic mass is 9.94. The van der Waals surface area contributed by atoms with E-state index in [9.17, 15) is 13.2 Å². The van der Waals surface area contributed by atoms with Crippen molar-refractivity contribution in [2.45, 2.75) is 27.2 Å². The van der Waals surface area contributed by atoms with Crippen molar-refractivity contribution in [3.63, 3.8) is 0 Å². The summed E-state index contributed by atoms with van der Waals surface area (Å²) in [5, 5.41) is 0. The lowest BCUT2D eigenvalue weighted by Crippen LogP contribution is -2.06. The molecule has 0 aliphatic rings. The van der Waals surface area contributed by atoms with Crippen LogP contribution in [0.4, 0.5) is 13.2 Å². The minimum Gasteiger partial charge on any atom is -0.203 e. The molecule has 0 saturated heterocycles. The van der Waals surface area contributed by atoms with E-state index >= 15 is 0 Å². The second-order valence-corrected chi connectivity index (χ2v) is 3.55. The van der Waals surface area contributed by atoms with E-state index in [-0.39, 0.29) is 11.1 Å². The highest BCUT2D eigenvalue weighted by Gasteiger charge is 2.21. The van der Waals surface area contributed by atoms with E-state index in [1.165, 1.54) is 6.92 Å². The Morgan fingerprint density at radius 3 is 2.07 bits per heavy atom. The van der Waals surface area contributed by atoms with Gasteiger partial charge in [0.25, 0.3) is 0 Å². The molecule has 0 spiro atoms. The maximum atomic E-state index is 13.4. The summed E-state index contributed by atoms with van der Waals surface area (Å²) in [5.74, 6) is -3.62. The van der Waals surface area contributed by atoms with Crippen LogP contribution in [0.5, 0.6) is 0 Å². The summed E-state index contributed by atoms with van der Waals surface area (Å²) >= 11 is 0. The maximum Gasteiger partial charge on any atom is 0.194 e. The molecular weight excluding hydrogens is 201 g/mol. The normalized spacial score (nSPS) is 10.5. The molecule has 1 aromatic carbocycles. The first-order chi connectivity index (χ1) is 6.91. The largest absolute Gasteiger partial charge is 0.203 e. The van der Waals surface area contributed by atoms with E-state index in [4.69, 9.17) is 0 Å². The molecule has 0 aliphatic heterocycles. The van der Waals surface area contributed by atoms with E-state index in [0.29, 0.717) is 17.6 Å². The van der Waals surface area contributed by atoms with Crippen LogP contribution in [0.1, 0.15) is 30.5 Å². The highest BCUT2D eigenvalue weighted by molar-refractivity contribution is 5.68. The summed E-state index contributed by atoms with van der Waals surface area (Å²) in [5.41, 5.74) is 1.26. The molecule has 0 saturated carbocycles. The predicted molar refractivity (Wildman–Crippen MR) is 55.1 cm³/mol. The van der Waals surface area contributed by atoms with Crippen LogP contribution in [0.3, 0.4) is 0 Å². The fourth-order valence-electron chi connectivity index (χ4n) is 1.75. The Morgan fingerprint density at radius 2 is 1.67 bits per heavy atom. The number of hydrogen-bond acceptors (Lipinski definition) is 0. The van der Waals surface area contributed by atoms with Crippen molar-refractivity contribution in [2.24, 2.45) is 0 Å². The molecule has 0 fully saturated rings. The molecule has 0 aromatic heterocycles. The third-order valence-corrected chi connectivity index (χ3v) is 2.44. The Bertz CT molecular complexity index is 420. The van der Waals surface area contributed by atoms with Crippen molar-refractivity contribution in [3.8, 4) is 0 Å². The van der Waals surface area contributed by atoms with Gasteiger partial charge in [-0.05, 0) is 37.0 Å². The lowest BCUT2D eigenvalue weighted by molar-refractivity contribution is 0.437. The fraction of sp³-hybridized carbons (Fsp3) is 0.333. The van der Waals surface area contributed by atoms with Gasteiger partial charge in [0, 0.05) is 0 Å². The second-order valence-electron chi connectivity index (χ2n) is 3.55. The van der Waals surface area contributed by atoms with Crippen molar-refractivity contribution in [3.05, 3.63) is 40.7 Å². The van der Waals surface area contributed by atoms with Gasteiger partial charge in [-0.2, -0.15) is 0 Å². The minimum atomic E-state index is -1.39. The van der Waals surface area contributed by atoms with Crippen LogP contribution in [0.15, 0.2) is 6.58 Å². The number of allylic oxidation sites excluding steroid dienone is 1. The molecule has 0 radical (unpaired) electrons. The van der Waals surface area contributed by atoms with Crippen molar-refractivity contribution in [1.82, 2.24) is 0 Å². The highest BCUT2D eigenvalue weighted by Crippen LogP contribution is 2.29. The zero-order valence-electron chi connectivity index (χ0n) is 9.05. The van der Waals surface area contributed by atoms with Crippen molar-refractivity contribution >= 4 is 5.57 Å². The molecule has 0 nitrogen and oxygen atoms in total. The van der Waals surface area contributed by atoms with Crippen molar-refractivity contribution in [2.75, 3.05) is 0 Å². The van der Waals surface area contributed by atoms with Crippen LogP contribution in [-0.4, -0.2) is 0 Å². The van der Waals surface area contributed by atoms with Gasteiger partial charge >= 0.3 is 0 Å². The molecule has 0 N–H and O–H groups in total. The molecule has 15 heavy (non-hydrogen) atoms. The molecule has 3 heteroatoms. The first-order valence-electron chi connectivity index (χ1n) is 4.73. The van der Waals surface area contributed by atoms with E-state index in [2.05, 4.69) is 6.58 Å². The number of rotatable bonds is 2. The zero-order valence-corrected chi connectivity index (χ0v) is 9.05. The quantitative estimate of drug-likeness (QED) is 0.652. The average Bonchev–Trinajstić information content (AvgIpc) is 2.19. The summed E-state index contributed by atoms with van der Waals surface area (Å²) in [6.07, 6.45) is 0.312. The maximum absolute atomic E-state index is 13.4. The fourth-order valence-corrected chi connectivity index (χ4v) is 1.75. The monoisotopic (exact) mass is 214 g/mol. The summed E-state index contributed by atoms with van der Waals surface area (Å²) in [4.78, 5) is 0. The number of benzene rings is 1. The summed E-state index contributed by atoms with van der Waals surface area (Å²) in [7, 11) is 0. The molecule has 0 amide bonds. The predicted octanol–water partition coefficient (Wildman–Crippen LogP) is 4.01. The third kappa shape index (κ3) is 1.78. The number of halogens is 3. The van der Waals surface area contributed by atoms with E-state index in [1.807, 2.05) is 0 Å². The van der Waals surface area contributed by atoms with Crippen LogP contribution < -0.4 is 0 Å². The zero-order chi connectivity index (χ0) is 11.7. The topological polar surface area (TPSA) is 0 Å². The second kappa shape index (κ2) is 4.09. The van der Waals surface area contributed by atoms with Crippen LogP contribution >= 0.6 is 0 Å². The SMILES string of the molecule is C=C(C)c1c(C)c(F)c(F)c(F)c1CC. The molecule has 0 atom stereocenters. The van der Waals surface area contributed by atoms with Gasteiger partial charge in [-0.25, -0.2) is 13.2 Å². The third-order valence-electron chi connectivity index (χ3n) is 2.44. The Labute approximate surface area is 87.4 Å². The molecular formula is C12H13F3. The first kappa shape index (κ1) is 11.8. The smallest absolute Gasteiger partial charge is 0.194 e. The van der Waals surface area contributed by atoms with Gasteiger partial charge in [-0.3, -0.25) is 0 Å². The van der Waals surface area contributed by atoms with Crippen molar-refractivity contribution < 1.29 is 13.2 Å². The van der Waals surface area contributed by atoms with E-state index < -0.39 is 17.5 Å². The van der Waals surface area contributed by atoms with Gasteiger partial charge in [0.05, 0.1) is 0 Å². The minimum absolute atomic E-state index is 0.123. The van der Waals surface area contributed by atoms with Gasteiger partial charge in [0.15, 0.2) is 17.5 Å². The van der Waals surface area contributed by atoms with Crippen molar-refractivity contribution in [1.29, 1.82) is 0 Å². The molecule has 1 rings (SSSR count). The Kier molecular flexibility index (Phi) is 3.22. The lowest BCUT2D eigenvalue weighted by Gasteiger charge is -2.14. The van der Waals surface area contributed by atoms with Gasteiger partial charge in [0.2, 0.25) is 0 Å². The molecule has 82 valence electrons. The van der Waals surface area contributed by atoms with Crippen LogP contribution in [0, 0.1) is 24.4 Å². The first-order valence-corrected chi connectivity index (χ1v) is 4.73. The highest BCUT2D eigenvalue weighted by atomic mass is 19.2. The molecule has 0 unspecified atom stereocenters. The van der Waals surface area contributed by atoms with Gasteiger partial charge in [0.1, 0.15) is 0 Å². The Balaban J connectivity index is 3.70. The van der Waals surface area contributed by atoms with Crippen LogP contribution in [-0.2, 0) is 6.42 Å². The molecule has 0 heterocycles. The molecule has 0 aliphatic carbocycles. The summed E-state index contributed by atoms with van der Waals surface area (Å²) in [6.45, 7) is 8.43. The molecule has 1 aromatic rings. The standard InChI is InChI=1S/C12H13F3/c1-5-8-9(6(2)3)7(4)10(13)12(15)11(8)14/h2,5H2,1,3-4H3. The molecule has 0 bridgehead atoms. The average molecular weight is 214 g/mol. The van der Waals surface area contributed by atoms with Gasteiger partial charge < -0.3 is 0 Å². The van der Waals surface area contributed by atoms with Gasteiger partial charge in [-0.1, -0.05) is 19.1 Å². The van der Waals surface area contributed by atoms with Crippen LogP contribution in [0.25, 0.3) is 5.57 Å². The Hall–Kier alpha value is -1.25.